The van der Waals surface area contributed by atoms with Crippen molar-refractivity contribution in [3.8, 4) is 0 Å². The molecule has 216 valence electrons. The van der Waals surface area contributed by atoms with Gasteiger partial charge in [0.1, 0.15) is 0 Å². The molecule has 0 bridgehead atoms. The molecular formula is C26H27F6N5O3. The van der Waals surface area contributed by atoms with Crippen molar-refractivity contribution in [2.24, 2.45) is 0 Å². The quantitative estimate of drug-likeness (QED) is 0.438. The minimum Gasteiger partial charge on any atom is -0.349 e. The molecule has 4 rings (SSSR count). The molecule has 0 radical (unpaired) electrons. The van der Waals surface area contributed by atoms with E-state index in [4.69, 9.17) is 0 Å². The molecule has 2 fully saturated rings. The van der Waals surface area contributed by atoms with Crippen molar-refractivity contribution >= 4 is 23.4 Å². The Morgan fingerprint density at radius 2 is 1.65 bits per heavy atom. The Labute approximate surface area is 225 Å². The Balaban J connectivity index is 1.19. The zero-order chi connectivity index (χ0) is 29.1. The molecular weight excluding hydrogens is 544 g/mol. The number of likely N-dealkylation sites (tertiary alicyclic amines) is 1. The fourth-order valence-electron chi connectivity index (χ4n) is 5.04. The third kappa shape index (κ3) is 7.29. The van der Waals surface area contributed by atoms with Crippen molar-refractivity contribution in [2.45, 2.75) is 56.0 Å². The molecule has 1 aliphatic carbocycles. The van der Waals surface area contributed by atoms with Crippen molar-refractivity contribution < 1.29 is 40.7 Å². The van der Waals surface area contributed by atoms with Gasteiger partial charge in [-0.15, -0.1) is 0 Å². The van der Waals surface area contributed by atoms with Gasteiger partial charge in [-0.1, -0.05) is 6.07 Å². The summed E-state index contributed by atoms with van der Waals surface area (Å²) in [5.74, 6) is -3.39. The first-order valence-electron chi connectivity index (χ1n) is 12.6. The van der Waals surface area contributed by atoms with Crippen LogP contribution in [-0.2, 0) is 15.8 Å². The van der Waals surface area contributed by atoms with E-state index in [2.05, 4.69) is 20.5 Å². The molecule has 8 nitrogen and oxygen atoms in total. The predicted octanol–water partition coefficient (Wildman–Crippen LogP) is 3.86. The fourth-order valence-corrected chi connectivity index (χ4v) is 5.04. The zero-order valence-electron chi connectivity index (χ0n) is 21.1. The van der Waals surface area contributed by atoms with E-state index in [9.17, 15) is 40.7 Å². The van der Waals surface area contributed by atoms with Crippen molar-refractivity contribution in [1.82, 2.24) is 20.5 Å². The maximum atomic E-state index is 12.8. The third-order valence-electron chi connectivity index (χ3n) is 7.08. The second kappa shape index (κ2) is 11.8. The first-order valence-corrected chi connectivity index (χ1v) is 12.6. The Morgan fingerprint density at radius 1 is 0.950 bits per heavy atom. The maximum Gasteiger partial charge on any atom is 0.471 e. The molecule has 2 aromatic rings. The van der Waals surface area contributed by atoms with Gasteiger partial charge in [-0.05, 0) is 56.0 Å². The summed E-state index contributed by atoms with van der Waals surface area (Å²) < 4.78 is 76.6. The number of carbonyl (C=O) groups excluding carboxylic acids is 3. The Hall–Kier alpha value is -3.68. The molecule has 1 aliphatic heterocycles. The number of halogens is 6. The highest BCUT2D eigenvalue weighted by Gasteiger charge is 2.40. The molecule has 1 aromatic heterocycles. The zero-order valence-corrected chi connectivity index (χ0v) is 21.1. The molecule has 2 heterocycles. The van der Waals surface area contributed by atoms with E-state index >= 15 is 0 Å². The lowest BCUT2D eigenvalue weighted by molar-refractivity contribution is -0.167. The van der Waals surface area contributed by atoms with E-state index in [0.717, 1.165) is 31.0 Å². The average molecular weight is 572 g/mol. The number of amides is 3. The first-order chi connectivity index (χ1) is 18.8. The van der Waals surface area contributed by atoms with Gasteiger partial charge in [-0.3, -0.25) is 24.3 Å². The lowest BCUT2D eigenvalue weighted by Gasteiger charge is -2.46. The van der Waals surface area contributed by atoms with Crippen LogP contribution in [0.25, 0.3) is 0 Å². The van der Waals surface area contributed by atoms with Crippen LogP contribution < -0.4 is 16.0 Å². The fraction of sp³-hybridized carbons (Fsp3) is 0.462. The van der Waals surface area contributed by atoms with Crippen LogP contribution in [0.4, 0.5) is 32.0 Å². The summed E-state index contributed by atoms with van der Waals surface area (Å²) in [6.45, 7) is 0.784. The van der Waals surface area contributed by atoms with Gasteiger partial charge < -0.3 is 16.0 Å². The van der Waals surface area contributed by atoms with Crippen molar-refractivity contribution in [3.05, 3.63) is 59.4 Å². The van der Waals surface area contributed by atoms with Crippen LogP contribution in [0.1, 0.15) is 53.2 Å². The molecule has 14 heteroatoms. The number of nitrogens with zero attached hydrogens (tertiary/aromatic N) is 2. The van der Waals surface area contributed by atoms with Gasteiger partial charge in [-0.25, -0.2) is 0 Å². The van der Waals surface area contributed by atoms with E-state index in [0.29, 0.717) is 31.6 Å². The number of alkyl halides is 6. The molecule has 3 amide bonds. The molecule has 1 aromatic carbocycles. The van der Waals surface area contributed by atoms with Gasteiger partial charge >= 0.3 is 18.3 Å². The third-order valence-corrected chi connectivity index (χ3v) is 7.08. The molecule has 2 aliphatic rings. The average Bonchev–Trinajstić information content (AvgIpc) is 2.88. The van der Waals surface area contributed by atoms with Crippen molar-refractivity contribution in [1.29, 1.82) is 0 Å². The number of hydrogen-bond donors (Lipinski definition) is 3. The van der Waals surface area contributed by atoms with E-state index in [1.54, 1.807) is 0 Å². The highest BCUT2D eigenvalue weighted by Crippen LogP contribution is 2.38. The lowest BCUT2D eigenvalue weighted by atomic mass is 9.81. The van der Waals surface area contributed by atoms with Crippen LogP contribution in [0.5, 0.6) is 0 Å². The number of aromatic nitrogens is 1. The number of hydrogen-bond acceptors (Lipinski definition) is 5. The van der Waals surface area contributed by atoms with Crippen LogP contribution in [-0.4, -0.2) is 65.5 Å². The van der Waals surface area contributed by atoms with Crippen LogP contribution in [0.15, 0.2) is 42.6 Å². The second-order valence-electron chi connectivity index (χ2n) is 9.87. The van der Waals surface area contributed by atoms with Crippen molar-refractivity contribution in [2.75, 3.05) is 25.0 Å². The molecule has 3 N–H and O–H groups in total. The molecule has 1 saturated carbocycles. The second-order valence-corrected chi connectivity index (χ2v) is 9.87. The number of nitrogens with one attached hydrogen (secondary N) is 3. The lowest BCUT2D eigenvalue weighted by Crippen LogP contribution is -2.63. The summed E-state index contributed by atoms with van der Waals surface area (Å²) in [6.07, 6.45) is -5.23. The first kappa shape index (κ1) is 29.3. The van der Waals surface area contributed by atoms with Gasteiger partial charge in [-0.2, -0.15) is 26.3 Å². The number of anilines is 1. The van der Waals surface area contributed by atoms with Crippen molar-refractivity contribution in [3.63, 3.8) is 0 Å². The van der Waals surface area contributed by atoms with E-state index in [-0.39, 0.29) is 35.8 Å². The molecule has 40 heavy (non-hydrogen) atoms. The maximum absolute atomic E-state index is 12.8. The Bertz CT molecular complexity index is 1240. The molecule has 0 spiro atoms. The predicted molar refractivity (Wildman–Crippen MR) is 131 cm³/mol. The largest absolute Gasteiger partial charge is 0.471 e. The summed E-state index contributed by atoms with van der Waals surface area (Å²) in [4.78, 5) is 42.2. The highest BCUT2D eigenvalue weighted by atomic mass is 19.4. The number of carbonyl (C=O) groups is 3. The van der Waals surface area contributed by atoms with Crippen LogP contribution in [0, 0.1) is 0 Å². The molecule has 0 atom stereocenters. The standard InChI is InChI=1S/C26H27F6N5O3/c27-25(28,29)17-4-1-3-16(11-17)23(39)34-12-21(38)35-18-13-37(14-18)19-8-6-15(7-9-19)22-20(5-2-10-33-22)36-24(40)26(30,31)32/h1-5,10-11,15,18-19H,6-9,12-14H2,(H,34,39)(H,35,38)(H,36,40)/t15-,19+. The van der Waals surface area contributed by atoms with Gasteiger partial charge in [0.05, 0.1) is 29.5 Å². The van der Waals surface area contributed by atoms with Gasteiger partial charge in [0.25, 0.3) is 5.91 Å². The van der Waals surface area contributed by atoms with E-state index in [1.165, 1.54) is 24.4 Å². The summed E-state index contributed by atoms with van der Waals surface area (Å²) >= 11 is 0. The van der Waals surface area contributed by atoms with Gasteiger partial charge in [0.2, 0.25) is 5.91 Å². The normalized spacial score (nSPS) is 20.4. The summed E-state index contributed by atoms with van der Waals surface area (Å²) in [5, 5.41) is 7.02. The van der Waals surface area contributed by atoms with Gasteiger partial charge in [0.15, 0.2) is 0 Å². The summed E-state index contributed by atoms with van der Waals surface area (Å²) in [6, 6.07) is 6.88. The Kier molecular flexibility index (Phi) is 8.66. The number of benzene rings is 1. The highest BCUT2D eigenvalue weighted by molar-refractivity contribution is 5.96. The smallest absolute Gasteiger partial charge is 0.349 e. The van der Waals surface area contributed by atoms with E-state index < -0.39 is 35.6 Å². The van der Waals surface area contributed by atoms with Crippen LogP contribution in [0.3, 0.4) is 0 Å². The van der Waals surface area contributed by atoms with E-state index in [1.807, 2.05) is 5.32 Å². The Morgan fingerprint density at radius 3 is 2.30 bits per heavy atom. The molecule has 1 saturated heterocycles. The monoisotopic (exact) mass is 571 g/mol. The number of rotatable bonds is 7. The summed E-state index contributed by atoms with van der Waals surface area (Å²) in [5.41, 5.74) is -0.671. The minimum atomic E-state index is -5.00. The number of pyridine rings is 1. The van der Waals surface area contributed by atoms with Crippen LogP contribution >= 0.6 is 0 Å². The minimum absolute atomic E-state index is 0.0557. The van der Waals surface area contributed by atoms with Crippen LogP contribution in [0.2, 0.25) is 0 Å². The topological polar surface area (TPSA) is 103 Å². The summed E-state index contributed by atoms with van der Waals surface area (Å²) in [7, 11) is 0. The molecule has 0 unspecified atom stereocenters. The SMILES string of the molecule is O=C(CNC(=O)c1cccc(C(F)(F)F)c1)NC1CN([C@H]2CC[C@@H](c3ncccc3NC(=O)C(F)(F)F)CC2)C1. The van der Waals surface area contributed by atoms with Gasteiger partial charge in [0, 0.05) is 36.8 Å².